The van der Waals surface area contributed by atoms with Crippen molar-refractivity contribution in [2.45, 2.75) is 109 Å². The molecule has 1 aliphatic heterocycles. The molecule has 0 radical (unpaired) electrons. The fourth-order valence-electron chi connectivity index (χ4n) is 6.75. The van der Waals surface area contributed by atoms with Crippen LogP contribution in [0.2, 0.25) is 0 Å². The van der Waals surface area contributed by atoms with Crippen LogP contribution in [0.25, 0.3) is 0 Å². The van der Waals surface area contributed by atoms with Crippen molar-refractivity contribution in [2.24, 2.45) is 17.8 Å². The first-order chi connectivity index (χ1) is 26.9. The largest absolute Gasteiger partial charge is 0.469 e. The van der Waals surface area contributed by atoms with Gasteiger partial charge in [0.15, 0.2) is 6.10 Å². The number of hydrogen-bond acceptors (Lipinski definition) is 13. The van der Waals surface area contributed by atoms with Gasteiger partial charge in [-0.1, -0.05) is 33.6 Å². The summed E-state index contributed by atoms with van der Waals surface area (Å²) in [5.41, 5.74) is -0.969. The molecule has 0 spiro atoms. The highest BCUT2D eigenvalue weighted by Crippen LogP contribution is 2.35. The van der Waals surface area contributed by atoms with Crippen LogP contribution in [-0.4, -0.2) is 120 Å². The number of hydrogen-bond donors (Lipinski definition) is 2. The summed E-state index contributed by atoms with van der Waals surface area (Å²) >= 11 is 1.10. The maximum atomic E-state index is 14.1. The first-order valence-corrected chi connectivity index (χ1v) is 20.0. The lowest BCUT2D eigenvalue weighted by atomic mass is 9.95. The van der Waals surface area contributed by atoms with Gasteiger partial charge in [-0.15, -0.1) is 11.3 Å². The number of amides is 3. The Morgan fingerprint density at radius 3 is 2.35 bits per heavy atom. The molecule has 2 fully saturated rings. The monoisotopic (exact) mass is 825 g/mol. The number of aryl methyl sites for hydroxylation is 1. The van der Waals surface area contributed by atoms with Gasteiger partial charge in [0.1, 0.15) is 28.6 Å². The van der Waals surface area contributed by atoms with Crippen molar-refractivity contribution in [3.63, 3.8) is 0 Å². The number of aromatic nitrogens is 3. The minimum Gasteiger partial charge on any atom is -0.469 e. The summed E-state index contributed by atoms with van der Waals surface area (Å²) in [5.74, 6) is -2.48. The molecule has 57 heavy (non-hydrogen) atoms. The third-order valence-corrected chi connectivity index (χ3v) is 11.3. The Labute approximate surface area is 334 Å². The van der Waals surface area contributed by atoms with Crippen LogP contribution in [-0.2, 0) is 46.0 Å². The van der Waals surface area contributed by atoms with Gasteiger partial charge in [0.25, 0.3) is 5.91 Å². The lowest BCUT2D eigenvalue weighted by molar-refractivity contribution is -0.149. The van der Waals surface area contributed by atoms with Crippen molar-refractivity contribution in [3.8, 4) is 0 Å². The minimum absolute atomic E-state index is 0.0167. The molecular formula is C38H54F3N7O8S. The molecule has 1 aliphatic carbocycles. The number of carbonyl (C=O) groups excluding carboxylic acids is 5. The summed E-state index contributed by atoms with van der Waals surface area (Å²) in [4.78, 5) is 81.3. The third-order valence-electron chi connectivity index (χ3n) is 10.3. The Kier molecular flexibility index (Phi) is 16.3. The van der Waals surface area contributed by atoms with Gasteiger partial charge in [-0.3, -0.25) is 28.9 Å². The number of thiazole rings is 1. The molecule has 4 rings (SSSR count). The Bertz CT molecular complexity index is 1690. The Morgan fingerprint density at radius 1 is 1.09 bits per heavy atom. The quantitative estimate of drug-likeness (QED) is 0.195. The van der Waals surface area contributed by atoms with Crippen molar-refractivity contribution in [1.82, 2.24) is 35.4 Å². The van der Waals surface area contributed by atoms with E-state index in [0.29, 0.717) is 42.9 Å². The number of halogens is 3. The van der Waals surface area contributed by atoms with Gasteiger partial charge in [0.05, 0.1) is 31.8 Å². The molecular weight excluding hydrogens is 772 g/mol. The smallest absolute Gasteiger partial charge is 0.419 e. The molecule has 0 unspecified atom stereocenters. The summed E-state index contributed by atoms with van der Waals surface area (Å²) in [7, 11) is 4.76. The zero-order chi connectivity index (χ0) is 42.0. The molecule has 1 saturated carbocycles. The normalized spacial score (nSPS) is 18.8. The molecule has 0 aromatic carbocycles. The van der Waals surface area contributed by atoms with Crippen molar-refractivity contribution in [1.29, 1.82) is 0 Å². The molecule has 6 atom stereocenters. The Balaban J connectivity index is 1.48. The van der Waals surface area contributed by atoms with Crippen molar-refractivity contribution in [3.05, 3.63) is 39.9 Å². The molecule has 19 heteroatoms. The van der Waals surface area contributed by atoms with E-state index in [1.54, 1.807) is 18.9 Å². The van der Waals surface area contributed by atoms with Gasteiger partial charge >= 0.3 is 18.1 Å². The van der Waals surface area contributed by atoms with Crippen molar-refractivity contribution in [2.75, 3.05) is 41.0 Å². The SMILES string of the molecule is COC(=O)[C@@H](C)C[C@H](CCc1ncc(C(F)(F)F)cn1)NC(=O)c1csc([C@@H](C[C@H](C(C)C)N(C)C(=O)[C@H](CC2CC2)NC(=O)[C@H]2COCCN2C)OC(C)=O)n1. The number of morpholine rings is 1. The van der Waals surface area contributed by atoms with Crippen LogP contribution < -0.4 is 10.6 Å². The van der Waals surface area contributed by atoms with Crippen LogP contribution in [0.15, 0.2) is 17.8 Å². The molecule has 2 aromatic rings. The maximum absolute atomic E-state index is 14.1. The molecule has 15 nitrogen and oxygen atoms in total. The average Bonchev–Trinajstić information content (AvgIpc) is 3.84. The Hall–Kier alpha value is -4.23. The molecule has 0 bridgehead atoms. The molecule has 3 heterocycles. The van der Waals surface area contributed by atoms with E-state index in [1.165, 1.54) is 19.4 Å². The van der Waals surface area contributed by atoms with Gasteiger partial charge in [-0.25, -0.2) is 15.0 Å². The Morgan fingerprint density at radius 2 is 1.77 bits per heavy atom. The van der Waals surface area contributed by atoms with Gasteiger partial charge in [0.2, 0.25) is 11.8 Å². The van der Waals surface area contributed by atoms with E-state index in [4.69, 9.17) is 14.2 Å². The number of ether oxygens (including phenoxy) is 3. The second-order valence-electron chi connectivity index (χ2n) is 15.2. The molecule has 1 saturated heterocycles. The second kappa shape index (κ2) is 20.5. The van der Waals surface area contributed by atoms with E-state index in [0.717, 1.165) is 24.2 Å². The first kappa shape index (κ1) is 45.5. The highest BCUT2D eigenvalue weighted by molar-refractivity contribution is 7.09. The average molecular weight is 826 g/mol. The fourth-order valence-corrected chi connectivity index (χ4v) is 7.59. The number of alkyl halides is 3. The minimum atomic E-state index is -4.59. The van der Waals surface area contributed by atoms with Crippen LogP contribution in [0.5, 0.6) is 0 Å². The third kappa shape index (κ3) is 13.4. The summed E-state index contributed by atoms with van der Waals surface area (Å²) < 4.78 is 55.1. The summed E-state index contributed by atoms with van der Waals surface area (Å²) in [6.07, 6.45) is -1.06. The number of nitrogens with one attached hydrogen (secondary N) is 2. The maximum Gasteiger partial charge on any atom is 0.419 e. The van der Waals surface area contributed by atoms with Crippen molar-refractivity contribution < 1.29 is 51.4 Å². The number of rotatable bonds is 19. The van der Waals surface area contributed by atoms with Gasteiger partial charge in [-0.05, 0) is 38.1 Å². The lowest BCUT2D eigenvalue weighted by Crippen LogP contribution is -2.58. The van der Waals surface area contributed by atoms with Crippen molar-refractivity contribution >= 4 is 41.0 Å². The van der Waals surface area contributed by atoms with E-state index >= 15 is 0 Å². The number of esters is 2. The number of nitrogens with zero attached hydrogens (tertiary/aromatic N) is 5. The fraction of sp³-hybridized carbons (Fsp3) is 0.684. The zero-order valence-corrected chi connectivity index (χ0v) is 34.3. The van der Waals surface area contributed by atoms with E-state index in [2.05, 4.69) is 25.6 Å². The molecule has 316 valence electrons. The molecule has 2 N–H and O–H groups in total. The first-order valence-electron chi connectivity index (χ1n) is 19.1. The van der Waals surface area contributed by atoms with Crippen LogP contribution in [0.4, 0.5) is 13.2 Å². The lowest BCUT2D eigenvalue weighted by Gasteiger charge is -2.37. The van der Waals surface area contributed by atoms with Gasteiger partial charge in [0, 0.05) is 63.2 Å². The van der Waals surface area contributed by atoms with E-state index in [-0.39, 0.29) is 61.5 Å². The van der Waals surface area contributed by atoms with Crippen LogP contribution in [0.1, 0.15) is 99.2 Å². The number of carbonyl (C=O) groups is 5. The standard InChI is InChI=1S/C38H54F3N7O8S/c1-21(2)29(48(6)36(52)27(15-24-8-9-24)45-34(51)30-19-55-13-12-47(30)5)16-31(56-23(4)49)35-46-28(20-57-35)33(50)44-26(14-22(3)37(53)54-7)10-11-32-42-17-25(18-43-32)38(39,40)41/h17-18,20-22,24,26-27,29-31H,8-16,19H2,1-7H3,(H,44,50)(H,45,51)/t22-,26-,27-,29+,30+,31+/m0/s1. The van der Waals surface area contributed by atoms with Gasteiger partial charge < -0.3 is 29.7 Å². The summed E-state index contributed by atoms with van der Waals surface area (Å²) in [6, 6.07) is -2.37. The zero-order valence-electron chi connectivity index (χ0n) is 33.5. The van der Waals surface area contributed by atoms with Crippen LogP contribution >= 0.6 is 11.3 Å². The molecule has 2 aliphatic rings. The van der Waals surface area contributed by atoms with Crippen LogP contribution in [0.3, 0.4) is 0 Å². The van der Waals surface area contributed by atoms with E-state index < -0.39 is 65.8 Å². The van der Waals surface area contributed by atoms with E-state index in [1.807, 2.05) is 25.8 Å². The van der Waals surface area contributed by atoms with E-state index in [9.17, 15) is 37.1 Å². The highest BCUT2D eigenvalue weighted by atomic mass is 32.1. The predicted octanol–water partition coefficient (Wildman–Crippen LogP) is 3.98. The molecule has 3 amide bonds. The topological polar surface area (TPSA) is 182 Å². The van der Waals surface area contributed by atoms with Gasteiger partial charge in [-0.2, -0.15) is 13.2 Å². The van der Waals surface area contributed by atoms with Crippen LogP contribution in [0, 0.1) is 17.8 Å². The number of likely N-dealkylation sites (N-methyl/N-ethyl adjacent to an activating group) is 2. The highest BCUT2D eigenvalue weighted by Gasteiger charge is 2.38. The second-order valence-corrected chi connectivity index (χ2v) is 16.1. The summed E-state index contributed by atoms with van der Waals surface area (Å²) in [5, 5.41) is 7.69. The predicted molar refractivity (Wildman–Crippen MR) is 202 cm³/mol. The molecule has 2 aromatic heterocycles. The number of methoxy groups -OCH3 is 1. The summed E-state index contributed by atoms with van der Waals surface area (Å²) in [6.45, 7) is 8.13.